The van der Waals surface area contributed by atoms with Gasteiger partial charge in [0.25, 0.3) is 0 Å². The third kappa shape index (κ3) is 1.63. The van der Waals surface area contributed by atoms with Crippen molar-refractivity contribution in [1.29, 1.82) is 5.26 Å². The molecule has 17 heavy (non-hydrogen) atoms. The molecule has 0 aliphatic heterocycles. The predicted molar refractivity (Wildman–Crippen MR) is 68.8 cm³/mol. The second-order valence-corrected chi connectivity index (χ2v) is 5.80. The second-order valence-electron chi connectivity index (χ2n) is 5.80. The van der Waals surface area contributed by atoms with Crippen LogP contribution in [0.25, 0.3) is 10.9 Å². The zero-order valence-corrected chi connectivity index (χ0v) is 10.3. The van der Waals surface area contributed by atoms with Crippen LogP contribution in [-0.4, -0.2) is 4.98 Å². The number of fused-ring (bicyclic) bond motifs is 3. The molecule has 1 heterocycles. The van der Waals surface area contributed by atoms with E-state index in [0.717, 1.165) is 23.9 Å². The van der Waals surface area contributed by atoms with E-state index in [-0.39, 0.29) is 0 Å². The van der Waals surface area contributed by atoms with E-state index < -0.39 is 0 Å². The van der Waals surface area contributed by atoms with Crippen LogP contribution in [0.15, 0.2) is 18.2 Å². The van der Waals surface area contributed by atoms with Crippen molar-refractivity contribution < 1.29 is 0 Å². The summed E-state index contributed by atoms with van der Waals surface area (Å²) in [5, 5.41) is 10.2. The van der Waals surface area contributed by atoms with Gasteiger partial charge in [0, 0.05) is 16.6 Å². The van der Waals surface area contributed by atoms with Crippen LogP contribution in [0.3, 0.4) is 0 Å². The zero-order valence-electron chi connectivity index (χ0n) is 10.3. The van der Waals surface area contributed by atoms with E-state index >= 15 is 0 Å². The molecule has 2 nitrogen and oxygen atoms in total. The third-order valence-corrected chi connectivity index (χ3v) is 3.83. The minimum absolute atomic E-state index is 0.399. The minimum atomic E-state index is 0.399. The maximum Gasteiger partial charge on any atom is 0.0992 e. The van der Waals surface area contributed by atoms with Crippen LogP contribution in [0.4, 0.5) is 0 Å². The quantitative estimate of drug-likeness (QED) is 0.730. The van der Waals surface area contributed by atoms with E-state index in [9.17, 15) is 0 Å². The molecule has 2 aromatic rings. The fourth-order valence-electron chi connectivity index (χ4n) is 2.83. The molecule has 0 saturated carbocycles. The average Bonchev–Trinajstić information content (AvgIpc) is 2.64. The monoisotopic (exact) mass is 224 g/mol. The van der Waals surface area contributed by atoms with Crippen LogP contribution in [-0.2, 0) is 12.8 Å². The largest absolute Gasteiger partial charge is 0.358 e. The first-order valence-corrected chi connectivity index (χ1v) is 6.13. The highest BCUT2D eigenvalue weighted by Gasteiger charge is 2.27. The van der Waals surface area contributed by atoms with Gasteiger partial charge in [0.05, 0.1) is 11.6 Å². The van der Waals surface area contributed by atoms with Gasteiger partial charge in [-0.3, -0.25) is 0 Å². The first kappa shape index (κ1) is 10.4. The summed E-state index contributed by atoms with van der Waals surface area (Å²) in [6, 6.07) is 8.16. The third-order valence-electron chi connectivity index (χ3n) is 3.83. The van der Waals surface area contributed by atoms with Crippen molar-refractivity contribution in [3.05, 3.63) is 35.0 Å². The summed E-state index contributed by atoms with van der Waals surface area (Å²) >= 11 is 0. The molecule has 0 unspecified atom stereocenters. The Hall–Kier alpha value is -1.75. The van der Waals surface area contributed by atoms with Gasteiger partial charge < -0.3 is 4.98 Å². The van der Waals surface area contributed by atoms with Crippen LogP contribution in [0.1, 0.15) is 37.1 Å². The molecule has 1 N–H and O–H groups in total. The van der Waals surface area contributed by atoms with E-state index in [4.69, 9.17) is 5.26 Å². The average molecular weight is 224 g/mol. The van der Waals surface area contributed by atoms with Crippen LogP contribution in [0.5, 0.6) is 0 Å². The van der Waals surface area contributed by atoms with Crippen molar-refractivity contribution in [1.82, 2.24) is 4.98 Å². The Bertz CT molecular complexity index is 626. The molecule has 2 heteroatoms. The molecule has 0 bridgehead atoms. The number of aromatic nitrogens is 1. The topological polar surface area (TPSA) is 39.6 Å². The molecular formula is C15H16N2. The molecule has 3 rings (SSSR count). The molecule has 0 spiro atoms. The summed E-state index contributed by atoms with van der Waals surface area (Å²) in [6.07, 6.45) is 3.49. The molecule has 1 aliphatic rings. The van der Waals surface area contributed by atoms with Crippen LogP contribution >= 0.6 is 0 Å². The van der Waals surface area contributed by atoms with E-state index in [0.29, 0.717) is 5.41 Å². The van der Waals surface area contributed by atoms with E-state index in [1.165, 1.54) is 23.1 Å². The summed E-state index contributed by atoms with van der Waals surface area (Å²) in [5.74, 6) is 0. The van der Waals surface area contributed by atoms with E-state index in [1.807, 2.05) is 12.1 Å². The SMILES string of the molecule is CC1(C)CCc2[nH]c3cc(C#N)ccc3c2C1. The Balaban J connectivity index is 2.20. The lowest BCUT2D eigenvalue weighted by Gasteiger charge is -2.29. The van der Waals surface area contributed by atoms with Crippen molar-refractivity contribution in [2.45, 2.75) is 33.1 Å². The highest BCUT2D eigenvalue weighted by molar-refractivity contribution is 5.86. The highest BCUT2D eigenvalue weighted by atomic mass is 14.7. The molecule has 0 atom stereocenters. The smallest absolute Gasteiger partial charge is 0.0992 e. The number of hydrogen-bond donors (Lipinski definition) is 1. The Morgan fingerprint density at radius 3 is 2.94 bits per heavy atom. The van der Waals surface area contributed by atoms with E-state index in [2.05, 4.69) is 31.0 Å². The molecule has 0 fully saturated rings. The second kappa shape index (κ2) is 3.37. The molecule has 0 radical (unpaired) electrons. The first-order chi connectivity index (χ1) is 8.09. The fraction of sp³-hybridized carbons (Fsp3) is 0.400. The predicted octanol–water partition coefficient (Wildman–Crippen LogP) is 3.55. The summed E-state index contributed by atoms with van der Waals surface area (Å²) in [7, 11) is 0. The van der Waals surface area contributed by atoms with Crippen molar-refractivity contribution in [2.24, 2.45) is 5.41 Å². The lowest BCUT2D eigenvalue weighted by atomic mass is 9.76. The molecule has 1 aromatic carbocycles. The molecule has 0 amide bonds. The number of H-pyrrole nitrogens is 1. The van der Waals surface area contributed by atoms with Gasteiger partial charge in [0.2, 0.25) is 0 Å². The number of benzene rings is 1. The van der Waals surface area contributed by atoms with Gasteiger partial charge in [-0.2, -0.15) is 5.26 Å². The number of nitriles is 1. The number of hydrogen-bond acceptors (Lipinski definition) is 1. The van der Waals surface area contributed by atoms with Crippen molar-refractivity contribution >= 4 is 10.9 Å². The fourth-order valence-corrected chi connectivity index (χ4v) is 2.83. The van der Waals surface area contributed by atoms with Crippen molar-refractivity contribution in [3.63, 3.8) is 0 Å². The molecule has 0 saturated heterocycles. The molecular weight excluding hydrogens is 208 g/mol. The van der Waals surface area contributed by atoms with Gasteiger partial charge in [0.1, 0.15) is 0 Å². The Kier molecular flexibility index (Phi) is 2.06. The van der Waals surface area contributed by atoms with Crippen LogP contribution in [0.2, 0.25) is 0 Å². The van der Waals surface area contributed by atoms with Crippen molar-refractivity contribution in [3.8, 4) is 6.07 Å². The van der Waals surface area contributed by atoms with Gasteiger partial charge >= 0.3 is 0 Å². The first-order valence-electron chi connectivity index (χ1n) is 6.13. The molecule has 86 valence electrons. The summed E-state index contributed by atoms with van der Waals surface area (Å²) in [5.41, 5.74) is 5.08. The minimum Gasteiger partial charge on any atom is -0.358 e. The number of nitrogens with zero attached hydrogens (tertiary/aromatic N) is 1. The Labute approximate surface area is 101 Å². The lowest BCUT2D eigenvalue weighted by molar-refractivity contribution is 0.315. The van der Waals surface area contributed by atoms with Gasteiger partial charge in [-0.05, 0) is 42.4 Å². The van der Waals surface area contributed by atoms with Crippen molar-refractivity contribution in [2.75, 3.05) is 0 Å². The maximum atomic E-state index is 8.92. The van der Waals surface area contributed by atoms with Crippen LogP contribution in [0, 0.1) is 16.7 Å². The summed E-state index contributed by atoms with van der Waals surface area (Å²) in [6.45, 7) is 4.66. The molecule has 1 aliphatic carbocycles. The van der Waals surface area contributed by atoms with Gasteiger partial charge in [0.15, 0.2) is 0 Å². The number of nitrogens with one attached hydrogen (secondary N) is 1. The number of aromatic amines is 1. The summed E-state index contributed by atoms with van der Waals surface area (Å²) < 4.78 is 0. The maximum absolute atomic E-state index is 8.92. The Morgan fingerprint density at radius 2 is 2.18 bits per heavy atom. The van der Waals surface area contributed by atoms with E-state index in [1.54, 1.807) is 0 Å². The van der Waals surface area contributed by atoms with Gasteiger partial charge in [-0.25, -0.2) is 0 Å². The number of aryl methyl sites for hydroxylation is 1. The highest BCUT2D eigenvalue weighted by Crippen LogP contribution is 2.38. The zero-order chi connectivity index (χ0) is 12.0. The van der Waals surface area contributed by atoms with Gasteiger partial charge in [-0.15, -0.1) is 0 Å². The van der Waals surface area contributed by atoms with Gasteiger partial charge in [-0.1, -0.05) is 19.9 Å². The molecule has 1 aromatic heterocycles. The summed E-state index contributed by atoms with van der Waals surface area (Å²) in [4.78, 5) is 3.48. The van der Waals surface area contributed by atoms with Crippen LogP contribution < -0.4 is 0 Å². The lowest BCUT2D eigenvalue weighted by Crippen LogP contribution is -2.21. The standard InChI is InChI=1S/C15H16N2/c1-15(2)6-5-13-12(8-15)11-4-3-10(9-16)7-14(11)17-13/h3-4,7,17H,5-6,8H2,1-2H3. The number of rotatable bonds is 0. The normalized spacial score (nSPS) is 17.7. The Morgan fingerprint density at radius 1 is 1.35 bits per heavy atom.